The maximum atomic E-state index is 11.4. The molecule has 0 atom stereocenters. The molecule has 0 saturated carbocycles. The fourth-order valence-corrected chi connectivity index (χ4v) is 1.71. The van der Waals surface area contributed by atoms with Crippen LogP contribution in [0.2, 0.25) is 0 Å². The van der Waals surface area contributed by atoms with Crippen molar-refractivity contribution < 1.29 is 0 Å². The Morgan fingerprint density at radius 3 is 2.71 bits per heavy atom. The Hall–Kier alpha value is -1.94. The summed E-state index contributed by atoms with van der Waals surface area (Å²) < 4.78 is 0. The number of aromatic amines is 1. The second kappa shape index (κ2) is 5.41. The van der Waals surface area contributed by atoms with E-state index in [1.54, 1.807) is 0 Å². The maximum absolute atomic E-state index is 11.4. The van der Waals surface area contributed by atoms with Crippen molar-refractivity contribution in [2.24, 2.45) is 5.73 Å². The first-order chi connectivity index (χ1) is 8.28. The van der Waals surface area contributed by atoms with Gasteiger partial charge in [0, 0.05) is 24.6 Å². The van der Waals surface area contributed by atoms with Gasteiger partial charge in [-0.1, -0.05) is 30.3 Å². The predicted molar refractivity (Wildman–Crippen MR) is 66.9 cm³/mol. The summed E-state index contributed by atoms with van der Waals surface area (Å²) in [6, 6.07) is 11.4. The van der Waals surface area contributed by atoms with Crippen molar-refractivity contribution in [3.05, 3.63) is 63.8 Å². The molecule has 0 radical (unpaired) electrons. The van der Waals surface area contributed by atoms with Crippen molar-refractivity contribution >= 4 is 0 Å². The topological polar surface area (TPSA) is 71.8 Å². The molecular weight excluding hydrogens is 214 g/mol. The summed E-state index contributed by atoms with van der Waals surface area (Å²) in [6.45, 7) is 0.501. The van der Waals surface area contributed by atoms with E-state index < -0.39 is 0 Å². The van der Waals surface area contributed by atoms with E-state index in [2.05, 4.69) is 9.97 Å². The minimum atomic E-state index is -0.116. The van der Waals surface area contributed by atoms with Gasteiger partial charge in [-0.05, 0) is 12.1 Å². The highest BCUT2D eigenvalue weighted by Gasteiger charge is 2.02. The SMILES string of the molecule is NCCc1cc(=O)[nH]c(Cc2ccccc2)n1. The molecule has 17 heavy (non-hydrogen) atoms. The summed E-state index contributed by atoms with van der Waals surface area (Å²) in [6.07, 6.45) is 1.26. The number of hydrogen-bond donors (Lipinski definition) is 2. The van der Waals surface area contributed by atoms with E-state index in [1.807, 2.05) is 30.3 Å². The molecule has 0 spiro atoms. The van der Waals surface area contributed by atoms with E-state index in [4.69, 9.17) is 5.73 Å². The van der Waals surface area contributed by atoms with Crippen molar-refractivity contribution in [2.45, 2.75) is 12.8 Å². The van der Waals surface area contributed by atoms with Gasteiger partial charge in [0.1, 0.15) is 5.82 Å². The van der Waals surface area contributed by atoms with E-state index in [9.17, 15) is 4.79 Å². The molecule has 0 aliphatic carbocycles. The van der Waals surface area contributed by atoms with Crippen molar-refractivity contribution in [1.29, 1.82) is 0 Å². The summed E-state index contributed by atoms with van der Waals surface area (Å²) in [5.74, 6) is 0.687. The number of hydrogen-bond acceptors (Lipinski definition) is 3. The van der Waals surface area contributed by atoms with Crippen LogP contribution in [-0.4, -0.2) is 16.5 Å². The van der Waals surface area contributed by atoms with Crippen molar-refractivity contribution in [2.75, 3.05) is 6.54 Å². The van der Waals surface area contributed by atoms with Gasteiger partial charge < -0.3 is 10.7 Å². The highest BCUT2D eigenvalue weighted by molar-refractivity contribution is 5.19. The lowest BCUT2D eigenvalue weighted by Gasteiger charge is -2.03. The van der Waals surface area contributed by atoms with E-state index >= 15 is 0 Å². The zero-order valence-corrected chi connectivity index (χ0v) is 9.52. The molecule has 0 unspecified atom stereocenters. The van der Waals surface area contributed by atoms with Crippen LogP contribution in [0.5, 0.6) is 0 Å². The molecule has 88 valence electrons. The van der Waals surface area contributed by atoms with Gasteiger partial charge in [-0.15, -0.1) is 0 Å². The minimum Gasteiger partial charge on any atom is -0.330 e. The van der Waals surface area contributed by atoms with Crippen LogP contribution < -0.4 is 11.3 Å². The zero-order chi connectivity index (χ0) is 12.1. The predicted octanol–water partition coefficient (Wildman–Crippen LogP) is 0.862. The molecule has 1 aromatic heterocycles. The van der Waals surface area contributed by atoms with Crippen LogP contribution in [-0.2, 0) is 12.8 Å². The van der Waals surface area contributed by atoms with Crippen LogP contribution in [0.15, 0.2) is 41.2 Å². The number of nitrogens with two attached hydrogens (primary N) is 1. The standard InChI is InChI=1S/C13H15N3O/c14-7-6-11-9-13(17)16-12(15-11)8-10-4-2-1-3-5-10/h1-5,9H,6-8,14H2,(H,15,16,17). The molecule has 2 aromatic rings. The van der Waals surface area contributed by atoms with E-state index in [1.165, 1.54) is 6.07 Å². The molecule has 3 N–H and O–H groups in total. The second-order valence-corrected chi connectivity index (χ2v) is 3.88. The first kappa shape index (κ1) is 11.5. The summed E-state index contributed by atoms with van der Waals surface area (Å²) in [4.78, 5) is 18.6. The van der Waals surface area contributed by atoms with Crippen LogP contribution in [0.3, 0.4) is 0 Å². The molecule has 2 rings (SSSR count). The third-order valence-corrected chi connectivity index (χ3v) is 2.46. The van der Waals surface area contributed by atoms with Crippen molar-refractivity contribution in [3.8, 4) is 0 Å². The molecule has 0 aliphatic rings. The summed E-state index contributed by atoms with van der Waals surface area (Å²) in [5.41, 5.74) is 7.22. The normalized spacial score (nSPS) is 10.4. The number of H-pyrrole nitrogens is 1. The van der Waals surface area contributed by atoms with Gasteiger partial charge >= 0.3 is 0 Å². The summed E-state index contributed by atoms with van der Waals surface area (Å²) >= 11 is 0. The third-order valence-electron chi connectivity index (χ3n) is 2.46. The maximum Gasteiger partial charge on any atom is 0.251 e. The smallest absolute Gasteiger partial charge is 0.251 e. The van der Waals surface area contributed by atoms with Gasteiger partial charge in [-0.3, -0.25) is 4.79 Å². The molecule has 0 bridgehead atoms. The second-order valence-electron chi connectivity index (χ2n) is 3.88. The van der Waals surface area contributed by atoms with Gasteiger partial charge in [0.2, 0.25) is 0 Å². The zero-order valence-electron chi connectivity index (χ0n) is 9.52. The molecule has 4 heteroatoms. The molecule has 0 amide bonds. The van der Waals surface area contributed by atoms with Crippen molar-refractivity contribution in [3.63, 3.8) is 0 Å². The van der Waals surface area contributed by atoms with E-state index in [0.29, 0.717) is 25.2 Å². The van der Waals surface area contributed by atoms with Gasteiger partial charge in [-0.25, -0.2) is 4.98 Å². The average Bonchev–Trinajstić information content (AvgIpc) is 2.30. The first-order valence-electron chi connectivity index (χ1n) is 5.61. The lowest BCUT2D eigenvalue weighted by molar-refractivity contribution is 0.854. The molecule has 0 fully saturated rings. The summed E-state index contributed by atoms with van der Waals surface area (Å²) in [7, 11) is 0. The largest absolute Gasteiger partial charge is 0.330 e. The van der Waals surface area contributed by atoms with Gasteiger partial charge in [0.05, 0.1) is 0 Å². The molecule has 4 nitrogen and oxygen atoms in total. The fourth-order valence-electron chi connectivity index (χ4n) is 1.71. The Balaban J connectivity index is 2.24. The Labute approximate surface area is 99.5 Å². The van der Waals surface area contributed by atoms with E-state index in [-0.39, 0.29) is 5.56 Å². The van der Waals surface area contributed by atoms with Crippen LogP contribution in [0.25, 0.3) is 0 Å². The van der Waals surface area contributed by atoms with E-state index in [0.717, 1.165) is 11.3 Å². The Morgan fingerprint density at radius 2 is 2.00 bits per heavy atom. The first-order valence-corrected chi connectivity index (χ1v) is 5.61. The third kappa shape index (κ3) is 3.26. The van der Waals surface area contributed by atoms with Gasteiger partial charge in [0.25, 0.3) is 5.56 Å². The van der Waals surface area contributed by atoms with Gasteiger partial charge in [-0.2, -0.15) is 0 Å². The minimum absolute atomic E-state index is 0.116. The number of aromatic nitrogens is 2. The number of nitrogens with one attached hydrogen (secondary N) is 1. The van der Waals surface area contributed by atoms with Crippen LogP contribution in [0, 0.1) is 0 Å². The lowest BCUT2D eigenvalue weighted by Crippen LogP contribution is -2.15. The Morgan fingerprint density at radius 1 is 1.24 bits per heavy atom. The average molecular weight is 229 g/mol. The summed E-state index contributed by atoms with van der Waals surface area (Å²) in [5, 5.41) is 0. The Bertz CT molecular complexity index is 534. The van der Waals surface area contributed by atoms with Gasteiger partial charge in [0.15, 0.2) is 0 Å². The molecule has 1 heterocycles. The molecule has 0 aliphatic heterocycles. The number of benzene rings is 1. The number of rotatable bonds is 4. The van der Waals surface area contributed by atoms with Crippen LogP contribution in [0.4, 0.5) is 0 Å². The number of nitrogens with zero attached hydrogens (tertiary/aromatic N) is 1. The quantitative estimate of drug-likeness (QED) is 0.816. The monoisotopic (exact) mass is 229 g/mol. The van der Waals surface area contributed by atoms with Crippen molar-refractivity contribution in [1.82, 2.24) is 9.97 Å². The highest BCUT2D eigenvalue weighted by Crippen LogP contribution is 2.04. The van der Waals surface area contributed by atoms with Crippen LogP contribution in [0.1, 0.15) is 17.1 Å². The highest BCUT2D eigenvalue weighted by atomic mass is 16.1. The molecular formula is C13H15N3O. The fraction of sp³-hybridized carbons (Fsp3) is 0.231. The Kier molecular flexibility index (Phi) is 3.67. The molecule has 0 saturated heterocycles. The molecule has 1 aromatic carbocycles. The lowest BCUT2D eigenvalue weighted by atomic mass is 10.1. The van der Waals surface area contributed by atoms with Crippen LogP contribution >= 0.6 is 0 Å².